The summed E-state index contributed by atoms with van der Waals surface area (Å²) in [5.74, 6) is -0.0640. The second-order valence-corrected chi connectivity index (χ2v) is 7.47. The minimum atomic E-state index is -3.29. The lowest BCUT2D eigenvalue weighted by Crippen LogP contribution is -2.36. The van der Waals surface area contributed by atoms with Gasteiger partial charge in [0.15, 0.2) is 0 Å². The maximum atomic E-state index is 11.8. The molecule has 1 aliphatic carbocycles. The smallest absolute Gasteiger partial charge is 0.221 e. The van der Waals surface area contributed by atoms with Gasteiger partial charge in [0, 0.05) is 25.6 Å². The predicted octanol–water partition coefficient (Wildman–Crippen LogP) is 1.16. The van der Waals surface area contributed by atoms with Crippen molar-refractivity contribution in [1.82, 2.24) is 9.62 Å². The molecule has 0 radical (unpaired) electrons. The molecule has 1 saturated carbocycles. The van der Waals surface area contributed by atoms with Crippen molar-refractivity contribution in [3.63, 3.8) is 0 Å². The van der Waals surface area contributed by atoms with Crippen LogP contribution < -0.4 is 5.32 Å². The third kappa shape index (κ3) is 5.85. The molecule has 1 aromatic rings. The fourth-order valence-corrected chi connectivity index (χ4v) is 2.94. The van der Waals surface area contributed by atoms with Gasteiger partial charge in [0.05, 0.1) is 6.26 Å². The van der Waals surface area contributed by atoms with Gasteiger partial charge in [-0.25, -0.2) is 12.7 Å². The van der Waals surface area contributed by atoms with E-state index < -0.39 is 10.0 Å². The number of hydrogen-bond acceptors (Lipinski definition) is 3. The van der Waals surface area contributed by atoms with Crippen molar-refractivity contribution in [2.75, 3.05) is 19.3 Å². The van der Waals surface area contributed by atoms with E-state index in [0.29, 0.717) is 19.0 Å². The van der Waals surface area contributed by atoms with Crippen LogP contribution in [-0.2, 0) is 21.2 Å². The molecule has 1 fully saturated rings. The number of sulfonamides is 1. The quantitative estimate of drug-likeness (QED) is 0.783. The molecule has 21 heavy (non-hydrogen) atoms. The zero-order valence-electron chi connectivity index (χ0n) is 12.3. The van der Waals surface area contributed by atoms with E-state index in [4.69, 9.17) is 0 Å². The van der Waals surface area contributed by atoms with Crippen LogP contribution in [0.2, 0.25) is 0 Å². The summed E-state index contributed by atoms with van der Waals surface area (Å²) in [6.07, 6.45) is 4.14. The van der Waals surface area contributed by atoms with E-state index in [9.17, 15) is 13.2 Å². The molecule has 0 heterocycles. The molecule has 1 N–H and O–H groups in total. The SMILES string of the molecule is CS(=O)(=O)N(CCC(=O)NC1CC1)CCc1ccccc1. The first-order valence-corrected chi connectivity index (χ1v) is 9.08. The summed E-state index contributed by atoms with van der Waals surface area (Å²) < 4.78 is 25.0. The molecule has 6 heteroatoms. The lowest BCUT2D eigenvalue weighted by Gasteiger charge is -2.19. The Labute approximate surface area is 126 Å². The number of carbonyl (C=O) groups excluding carboxylic acids is 1. The highest BCUT2D eigenvalue weighted by Gasteiger charge is 2.24. The van der Waals surface area contributed by atoms with E-state index in [1.165, 1.54) is 10.6 Å². The normalized spacial score (nSPS) is 15.1. The Hall–Kier alpha value is -1.40. The van der Waals surface area contributed by atoms with Gasteiger partial charge in [-0.1, -0.05) is 30.3 Å². The number of benzene rings is 1. The van der Waals surface area contributed by atoms with Crippen molar-refractivity contribution in [1.29, 1.82) is 0 Å². The maximum absolute atomic E-state index is 11.8. The summed E-state index contributed by atoms with van der Waals surface area (Å²) in [7, 11) is -3.29. The molecular weight excluding hydrogens is 288 g/mol. The average Bonchev–Trinajstić information content (AvgIpc) is 3.22. The van der Waals surface area contributed by atoms with Gasteiger partial charge in [0.2, 0.25) is 15.9 Å². The van der Waals surface area contributed by atoms with Gasteiger partial charge >= 0.3 is 0 Å². The van der Waals surface area contributed by atoms with Crippen LogP contribution in [0.25, 0.3) is 0 Å². The molecular formula is C15H22N2O3S. The minimum absolute atomic E-state index is 0.0640. The Kier molecular flexibility index (Phi) is 5.36. The van der Waals surface area contributed by atoms with Gasteiger partial charge in [-0.3, -0.25) is 4.79 Å². The summed E-state index contributed by atoms with van der Waals surface area (Å²) >= 11 is 0. The van der Waals surface area contributed by atoms with Crippen molar-refractivity contribution >= 4 is 15.9 Å². The number of nitrogens with one attached hydrogen (secondary N) is 1. The lowest BCUT2D eigenvalue weighted by molar-refractivity contribution is -0.121. The summed E-state index contributed by atoms with van der Waals surface area (Å²) in [6, 6.07) is 10.1. The second kappa shape index (κ2) is 7.04. The first-order valence-electron chi connectivity index (χ1n) is 7.23. The van der Waals surface area contributed by atoms with Crippen molar-refractivity contribution in [3.05, 3.63) is 35.9 Å². The van der Waals surface area contributed by atoms with Crippen LogP contribution in [0.5, 0.6) is 0 Å². The van der Waals surface area contributed by atoms with Crippen LogP contribution in [0, 0.1) is 0 Å². The molecule has 5 nitrogen and oxygen atoms in total. The number of nitrogens with zero attached hydrogens (tertiary/aromatic N) is 1. The molecule has 0 aromatic heterocycles. The van der Waals surface area contributed by atoms with Crippen LogP contribution in [-0.4, -0.2) is 44.0 Å². The molecule has 0 unspecified atom stereocenters. The average molecular weight is 310 g/mol. The van der Waals surface area contributed by atoms with Gasteiger partial charge in [-0.05, 0) is 24.8 Å². The van der Waals surface area contributed by atoms with Crippen LogP contribution >= 0.6 is 0 Å². The topological polar surface area (TPSA) is 66.5 Å². The van der Waals surface area contributed by atoms with Crippen molar-refractivity contribution in [2.45, 2.75) is 31.7 Å². The monoisotopic (exact) mass is 310 g/mol. The van der Waals surface area contributed by atoms with E-state index in [1.54, 1.807) is 0 Å². The summed E-state index contributed by atoms with van der Waals surface area (Å²) in [4.78, 5) is 11.7. The van der Waals surface area contributed by atoms with Gasteiger partial charge in [-0.15, -0.1) is 0 Å². The van der Waals surface area contributed by atoms with Crippen LogP contribution in [0.4, 0.5) is 0 Å². The third-order valence-electron chi connectivity index (χ3n) is 3.49. The van der Waals surface area contributed by atoms with Gasteiger partial charge < -0.3 is 5.32 Å². The van der Waals surface area contributed by atoms with Crippen molar-refractivity contribution in [3.8, 4) is 0 Å². The highest BCUT2D eigenvalue weighted by Crippen LogP contribution is 2.18. The fraction of sp³-hybridized carbons (Fsp3) is 0.533. The zero-order chi connectivity index (χ0) is 15.3. The summed E-state index contributed by atoms with van der Waals surface area (Å²) in [6.45, 7) is 0.643. The Morgan fingerprint density at radius 3 is 2.48 bits per heavy atom. The standard InChI is InChI=1S/C15H22N2O3S/c1-21(19,20)17(11-9-13-5-3-2-4-6-13)12-10-15(18)16-14-7-8-14/h2-6,14H,7-12H2,1H3,(H,16,18). The summed E-state index contributed by atoms with van der Waals surface area (Å²) in [5, 5.41) is 2.87. The van der Waals surface area contributed by atoms with E-state index in [2.05, 4.69) is 5.32 Å². The molecule has 1 amide bonds. The van der Waals surface area contributed by atoms with E-state index in [0.717, 1.165) is 18.4 Å². The lowest BCUT2D eigenvalue weighted by atomic mass is 10.1. The molecule has 116 valence electrons. The Bertz CT molecular complexity index is 568. The van der Waals surface area contributed by atoms with E-state index in [-0.39, 0.29) is 18.9 Å². The number of amides is 1. The highest BCUT2D eigenvalue weighted by molar-refractivity contribution is 7.88. The highest BCUT2D eigenvalue weighted by atomic mass is 32.2. The molecule has 1 aliphatic rings. The molecule has 0 spiro atoms. The molecule has 0 aliphatic heterocycles. The van der Waals surface area contributed by atoms with Gasteiger partial charge in [0.1, 0.15) is 0 Å². The Balaban J connectivity index is 1.84. The summed E-state index contributed by atoms with van der Waals surface area (Å²) in [5.41, 5.74) is 1.09. The van der Waals surface area contributed by atoms with E-state index in [1.807, 2.05) is 30.3 Å². The van der Waals surface area contributed by atoms with E-state index >= 15 is 0 Å². The third-order valence-corrected chi connectivity index (χ3v) is 4.80. The first-order chi connectivity index (χ1) is 9.95. The van der Waals surface area contributed by atoms with Crippen LogP contribution in [0.15, 0.2) is 30.3 Å². The fourth-order valence-electron chi connectivity index (χ4n) is 2.10. The number of rotatable bonds is 8. The maximum Gasteiger partial charge on any atom is 0.221 e. The molecule has 2 rings (SSSR count). The van der Waals surface area contributed by atoms with Gasteiger partial charge in [0.25, 0.3) is 0 Å². The van der Waals surface area contributed by atoms with Crippen LogP contribution in [0.3, 0.4) is 0 Å². The van der Waals surface area contributed by atoms with Gasteiger partial charge in [-0.2, -0.15) is 0 Å². The number of hydrogen-bond donors (Lipinski definition) is 1. The minimum Gasteiger partial charge on any atom is -0.353 e. The molecule has 0 bridgehead atoms. The Morgan fingerprint density at radius 1 is 1.24 bits per heavy atom. The number of carbonyl (C=O) groups is 1. The molecule has 0 atom stereocenters. The zero-order valence-corrected chi connectivity index (χ0v) is 13.1. The largest absolute Gasteiger partial charge is 0.353 e. The molecule has 0 saturated heterocycles. The second-order valence-electron chi connectivity index (χ2n) is 5.49. The van der Waals surface area contributed by atoms with Crippen LogP contribution in [0.1, 0.15) is 24.8 Å². The predicted molar refractivity (Wildman–Crippen MR) is 82.3 cm³/mol. The first kappa shape index (κ1) is 16.0. The van der Waals surface area contributed by atoms with Crippen molar-refractivity contribution in [2.24, 2.45) is 0 Å². The Morgan fingerprint density at radius 2 is 1.90 bits per heavy atom. The van der Waals surface area contributed by atoms with Crippen molar-refractivity contribution < 1.29 is 13.2 Å². The molecule has 1 aromatic carbocycles.